The van der Waals surface area contributed by atoms with Crippen molar-refractivity contribution in [2.45, 2.75) is 13.0 Å². The lowest BCUT2D eigenvalue weighted by Crippen LogP contribution is -2.14. The molecule has 0 bridgehead atoms. The van der Waals surface area contributed by atoms with Crippen LogP contribution >= 0.6 is 8.17 Å². The molecule has 0 fully saturated rings. The summed E-state index contributed by atoms with van der Waals surface area (Å²) in [5.41, 5.74) is 0. The Labute approximate surface area is 88.6 Å². The topological polar surface area (TPSA) is 116 Å². The molecule has 0 aliphatic heterocycles. The Balaban J connectivity index is 4.04. The minimum atomic E-state index is -3.18. The third-order valence-electron chi connectivity index (χ3n) is 1.28. The van der Waals surface area contributed by atoms with Gasteiger partial charge in [-0.2, -0.15) is 4.52 Å². The number of nitrogens with zero attached hydrogens (tertiary/aromatic N) is 1. The highest BCUT2D eigenvalue weighted by atomic mass is 32.2. The van der Waals surface area contributed by atoms with Crippen molar-refractivity contribution >= 4 is 24.0 Å². The number of aliphatic carboxylic acids is 1. The van der Waals surface area contributed by atoms with E-state index in [-0.39, 0.29) is 12.4 Å². The second-order valence-electron chi connectivity index (χ2n) is 2.83. The number of rotatable bonds is 6. The zero-order valence-electron chi connectivity index (χ0n) is 8.28. The Morgan fingerprint density at radius 3 is 2.60 bits per heavy atom. The van der Waals surface area contributed by atoms with E-state index in [1.54, 1.807) is 0 Å². The molecule has 0 spiro atoms. The molecule has 1 unspecified atom stereocenters. The SMILES string of the molecule is C[C@H](N=[P+]([O-])OCCS(C)(=O)=O)C(=O)O. The molecule has 2 atom stereocenters. The lowest BCUT2D eigenvalue weighted by molar-refractivity contribution is -0.175. The maximum Gasteiger partial charge on any atom is 0.342 e. The van der Waals surface area contributed by atoms with Gasteiger partial charge in [0.15, 0.2) is 6.04 Å². The van der Waals surface area contributed by atoms with Crippen LogP contribution in [-0.4, -0.2) is 44.2 Å². The fraction of sp³-hybridized carbons (Fsp3) is 0.833. The number of carboxylic acids is 1. The van der Waals surface area contributed by atoms with Crippen molar-refractivity contribution in [1.29, 1.82) is 0 Å². The van der Waals surface area contributed by atoms with Crippen molar-refractivity contribution in [3.05, 3.63) is 0 Å². The Hall–Kier alpha value is -0.560. The lowest BCUT2D eigenvalue weighted by atomic mass is 10.4. The highest BCUT2D eigenvalue weighted by Crippen LogP contribution is 2.17. The standard InChI is InChI=1S/C6H12NO6PS/c1-5(6(8)9)7-14(10)13-3-4-15(2,11)12/h5H,3-4H2,1-2H3,(H,8,9)/t5-/m0/s1. The fourth-order valence-corrected chi connectivity index (χ4v) is 1.70. The molecule has 1 N–H and O–H groups in total. The van der Waals surface area contributed by atoms with Gasteiger partial charge in [-0.25, -0.2) is 13.2 Å². The predicted octanol–water partition coefficient (Wildman–Crippen LogP) is -0.624. The minimum absolute atomic E-state index is 0.260. The van der Waals surface area contributed by atoms with Crippen LogP contribution in [0.4, 0.5) is 0 Å². The number of sulfone groups is 1. The number of carbonyl (C=O) groups is 1. The molecule has 0 aliphatic rings. The summed E-state index contributed by atoms with van der Waals surface area (Å²) in [4.78, 5) is 21.2. The summed E-state index contributed by atoms with van der Waals surface area (Å²) in [6.45, 7) is 0.985. The Kier molecular flexibility index (Phi) is 5.89. The first-order chi connectivity index (χ1) is 6.72. The quantitative estimate of drug-likeness (QED) is 0.633. The number of hydrogen-bond acceptors (Lipinski definition) is 6. The van der Waals surface area contributed by atoms with Crippen LogP contribution < -0.4 is 4.89 Å². The summed E-state index contributed by atoms with van der Waals surface area (Å²) in [6, 6.07) is -1.13. The van der Waals surface area contributed by atoms with Crippen LogP contribution in [0.3, 0.4) is 0 Å². The maximum absolute atomic E-state index is 10.9. The maximum atomic E-state index is 10.9. The van der Waals surface area contributed by atoms with Gasteiger partial charge in [0.05, 0.1) is 5.75 Å². The molecule has 88 valence electrons. The molecule has 15 heavy (non-hydrogen) atoms. The van der Waals surface area contributed by atoms with E-state index in [4.69, 9.17) is 5.11 Å². The van der Waals surface area contributed by atoms with Gasteiger partial charge in [0.25, 0.3) is 0 Å². The number of carboxylic acid groups (broad SMARTS) is 1. The van der Waals surface area contributed by atoms with Gasteiger partial charge in [-0.3, -0.25) is 0 Å². The molecule has 0 amide bonds. The minimum Gasteiger partial charge on any atom is -0.584 e. The zero-order valence-corrected chi connectivity index (χ0v) is 9.99. The van der Waals surface area contributed by atoms with Gasteiger partial charge in [-0.15, -0.1) is 0 Å². The molecular formula is C6H12NO6PS. The summed E-state index contributed by atoms with van der Waals surface area (Å²) in [5.74, 6) is -1.49. The fourth-order valence-electron chi connectivity index (χ4n) is 0.491. The predicted molar refractivity (Wildman–Crippen MR) is 52.1 cm³/mol. The summed E-state index contributed by atoms with van der Waals surface area (Å²) in [6.07, 6.45) is 1.01. The zero-order chi connectivity index (χ0) is 12.1. The van der Waals surface area contributed by atoms with E-state index in [2.05, 4.69) is 9.27 Å². The summed E-state index contributed by atoms with van der Waals surface area (Å²) in [7, 11) is -5.65. The van der Waals surface area contributed by atoms with E-state index >= 15 is 0 Å². The highest BCUT2D eigenvalue weighted by Gasteiger charge is 2.14. The molecule has 0 saturated carbocycles. The van der Waals surface area contributed by atoms with Crippen molar-refractivity contribution < 1.29 is 27.7 Å². The van der Waals surface area contributed by atoms with Crippen LogP contribution in [0, 0.1) is 0 Å². The Morgan fingerprint density at radius 1 is 1.67 bits per heavy atom. The van der Waals surface area contributed by atoms with E-state index in [1.807, 2.05) is 0 Å². The van der Waals surface area contributed by atoms with Crippen LogP contribution in [0.15, 0.2) is 4.74 Å². The van der Waals surface area contributed by atoms with E-state index in [0.717, 1.165) is 6.26 Å². The molecule has 0 aromatic rings. The van der Waals surface area contributed by atoms with Crippen molar-refractivity contribution in [2.24, 2.45) is 4.74 Å². The Morgan fingerprint density at radius 2 is 2.20 bits per heavy atom. The van der Waals surface area contributed by atoms with Crippen LogP contribution in [0.1, 0.15) is 6.92 Å². The van der Waals surface area contributed by atoms with Crippen molar-refractivity contribution in [1.82, 2.24) is 0 Å². The molecule has 0 aromatic heterocycles. The second-order valence-corrected chi connectivity index (χ2v) is 6.06. The largest absolute Gasteiger partial charge is 0.584 e. The summed E-state index contributed by atoms with van der Waals surface area (Å²) in [5, 5.41) is 8.41. The summed E-state index contributed by atoms with van der Waals surface area (Å²) >= 11 is 0. The van der Waals surface area contributed by atoms with Gasteiger partial charge < -0.3 is 10.00 Å². The molecule has 0 aliphatic carbocycles. The van der Waals surface area contributed by atoms with Crippen LogP contribution in [0.5, 0.6) is 0 Å². The molecule has 0 saturated heterocycles. The van der Waals surface area contributed by atoms with Crippen LogP contribution in [0.2, 0.25) is 0 Å². The average molecular weight is 257 g/mol. The first-order valence-electron chi connectivity index (χ1n) is 3.94. The highest BCUT2D eigenvalue weighted by molar-refractivity contribution is 7.90. The molecule has 0 rings (SSSR count). The third-order valence-corrected chi connectivity index (χ3v) is 3.13. The first kappa shape index (κ1) is 14.4. The molecule has 0 heterocycles. The van der Waals surface area contributed by atoms with Crippen molar-refractivity contribution in [3.8, 4) is 0 Å². The van der Waals surface area contributed by atoms with Gasteiger partial charge in [-0.05, 0) is 6.92 Å². The van der Waals surface area contributed by atoms with Gasteiger partial charge in [0.2, 0.25) is 0 Å². The van der Waals surface area contributed by atoms with Gasteiger partial charge in [-0.1, -0.05) is 4.74 Å². The van der Waals surface area contributed by atoms with Gasteiger partial charge in [0, 0.05) is 6.26 Å². The van der Waals surface area contributed by atoms with Crippen molar-refractivity contribution in [2.75, 3.05) is 18.6 Å². The first-order valence-corrected chi connectivity index (χ1v) is 7.13. The van der Waals surface area contributed by atoms with E-state index < -0.39 is 30.0 Å². The summed E-state index contributed by atoms with van der Waals surface area (Å²) < 4.78 is 29.1. The third kappa shape index (κ3) is 8.44. The monoisotopic (exact) mass is 257 g/mol. The molecule has 0 aromatic carbocycles. The van der Waals surface area contributed by atoms with Crippen molar-refractivity contribution in [3.63, 3.8) is 0 Å². The van der Waals surface area contributed by atoms with E-state index in [1.165, 1.54) is 6.92 Å². The van der Waals surface area contributed by atoms with Gasteiger partial charge >= 0.3 is 14.1 Å². The molecule has 9 heteroatoms. The molecular weight excluding hydrogens is 245 g/mol. The average Bonchev–Trinajstić information content (AvgIpc) is 2.01. The molecule has 7 nitrogen and oxygen atoms in total. The second kappa shape index (κ2) is 6.12. The van der Waals surface area contributed by atoms with E-state index in [0.29, 0.717) is 0 Å². The number of hydrogen-bond donors (Lipinski definition) is 1. The normalized spacial score (nSPS) is 15.0. The van der Waals surface area contributed by atoms with Crippen LogP contribution in [0.25, 0.3) is 0 Å². The Bertz CT molecular complexity index is 351. The lowest BCUT2D eigenvalue weighted by Gasteiger charge is -1.98. The smallest absolute Gasteiger partial charge is 0.342 e. The van der Waals surface area contributed by atoms with Crippen LogP contribution in [-0.2, 0) is 19.2 Å². The molecule has 0 radical (unpaired) electrons. The van der Waals surface area contributed by atoms with Gasteiger partial charge in [0.1, 0.15) is 16.4 Å². The van der Waals surface area contributed by atoms with E-state index in [9.17, 15) is 18.1 Å².